The van der Waals surface area contributed by atoms with Gasteiger partial charge in [0.15, 0.2) is 5.78 Å². The predicted octanol–water partition coefficient (Wildman–Crippen LogP) is 2.30. The molecule has 2 nitrogen and oxygen atoms in total. The number of carbonyl (C=O) groups is 1. The standard InChI is InChI=1S/C9H15IO2/c1-7(2)5-9(12)6-8(11)3-4-10/h3-4,7,9,12H,5-6H2,1-2H3/b4-3+. The Morgan fingerprint density at radius 3 is 2.58 bits per heavy atom. The Bertz CT molecular complexity index is 164. The molecule has 0 saturated heterocycles. The summed E-state index contributed by atoms with van der Waals surface area (Å²) >= 11 is 1.99. The molecule has 1 atom stereocenters. The predicted molar refractivity (Wildman–Crippen MR) is 58.2 cm³/mol. The van der Waals surface area contributed by atoms with E-state index in [1.54, 1.807) is 4.08 Å². The Labute approximate surface area is 87.2 Å². The molecule has 0 radical (unpaired) electrons. The van der Waals surface area contributed by atoms with Gasteiger partial charge in [-0.05, 0) is 22.5 Å². The van der Waals surface area contributed by atoms with Crippen molar-refractivity contribution in [3.8, 4) is 0 Å². The van der Waals surface area contributed by atoms with Crippen molar-refractivity contribution in [3.05, 3.63) is 10.2 Å². The molecule has 0 fully saturated rings. The van der Waals surface area contributed by atoms with Gasteiger partial charge in [0.1, 0.15) is 0 Å². The lowest BCUT2D eigenvalue weighted by atomic mass is 10.0. The molecule has 0 aliphatic rings. The summed E-state index contributed by atoms with van der Waals surface area (Å²) < 4.78 is 1.67. The molecular formula is C9H15IO2. The second-order valence-corrected chi connectivity index (χ2v) is 3.97. The zero-order chi connectivity index (χ0) is 9.56. The molecule has 0 heterocycles. The van der Waals surface area contributed by atoms with Gasteiger partial charge in [0.25, 0.3) is 0 Å². The van der Waals surface area contributed by atoms with E-state index in [1.807, 2.05) is 36.4 Å². The van der Waals surface area contributed by atoms with Crippen molar-refractivity contribution < 1.29 is 9.90 Å². The van der Waals surface area contributed by atoms with Crippen LogP contribution in [0.3, 0.4) is 0 Å². The maximum atomic E-state index is 11.0. The maximum Gasteiger partial charge on any atom is 0.158 e. The third kappa shape index (κ3) is 6.79. The van der Waals surface area contributed by atoms with Gasteiger partial charge in [-0.25, -0.2) is 0 Å². The molecule has 0 rings (SSSR count). The number of aliphatic hydroxyl groups is 1. The van der Waals surface area contributed by atoms with Gasteiger partial charge in [0.05, 0.1) is 6.10 Å². The Hall–Kier alpha value is 0.100. The first-order valence-electron chi connectivity index (χ1n) is 4.04. The van der Waals surface area contributed by atoms with Crippen LogP contribution in [0.4, 0.5) is 0 Å². The largest absolute Gasteiger partial charge is 0.393 e. The van der Waals surface area contributed by atoms with Gasteiger partial charge < -0.3 is 5.11 Å². The van der Waals surface area contributed by atoms with Gasteiger partial charge in [0.2, 0.25) is 0 Å². The molecule has 0 aromatic heterocycles. The summed E-state index contributed by atoms with van der Waals surface area (Å²) in [5.74, 6) is 0.439. The summed E-state index contributed by atoms with van der Waals surface area (Å²) in [7, 11) is 0. The minimum Gasteiger partial charge on any atom is -0.393 e. The lowest BCUT2D eigenvalue weighted by molar-refractivity contribution is -0.116. The minimum atomic E-state index is -0.481. The van der Waals surface area contributed by atoms with Crippen molar-refractivity contribution in [2.45, 2.75) is 32.8 Å². The number of aliphatic hydroxyl groups excluding tert-OH is 1. The molecule has 0 spiro atoms. The number of ketones is 1. The van der Waals surface area contributed by atoms with Gasteiger partial charge >= 0.3 is 0 Å². The zero-order valence-corrected chi connectivity index (χ0v) is 9.61. The van der Waals surface area contributed by atoms with Gasteiger partial charge in [-0.1, -0.05) is 36.4 Å². The van der Waals surface area contributed by atoms with Gasteiger partial charge in [-0.2, -0.15) is 0 Å². The van der Waals surface area contributed by atoms with Crippen LogP contribution in [0.25, 0.3) is 0 Å². The van der Waals surface area contributed by atoms with Crippen LogP contribution in [0, 0.1) is 5.92 Å². The van der Waals surface area contributed by atoms with Crippen LogP contribution in [0.1, 0.15) is 26.7 Å². The van der Waals surface area contributed by atoms with Gasteiger partial charge in [0, 0.05) is 6.42 Å². The highest BCUT2D eigenvalue weighted by Gasteiger charge is 2.09. The van der Waals surface area contributed by atoms with E-state index in [9.17, 15) is 9.90 Å². The highest BCUT2D eigenvalue weighted by molar-refractivity contribution is 14.1. The van der Waals surface area contributed by atoms with E-state index in [0.29, 0.717) is 12.3 Å². The molecule has 1 N–H and O–H groups in total. The van der Waals surface area contributed by atoms with E-state index in [1.165, 1.54) is 6.08 Å². The first kappa shape index (κ1) is 12.1. The van der Waals surface area contributed by atoms with Crippen molar-refractivity contribution >= 4 is 28.4 Å². The van der Waals surface area contributed by atoms with Crippen molar-refractivity contribution in [1.82, 2.24) is 0 Å². The first-order chi connectivity index (χ1) is 5.56. The summed E-state index contributed by atoms with van der Waals surface area (Å²) in [5, 5.41) is 9.36. The quantitative estimate of drug-likeness (QED) is 0.620. The second kappa shape index (κ2) is 6.60. The van der Waals surface area contributed by atoms with E-state index in [4.69, 9.17) is 0 Å². The van der Waals surface area contributed by atoms with Crippen LogP contribution in [0.15, 0.2) is 10.2 Å². The molecule has 12 heavy (non-hydrogen) atoms. The van der Waals surface area contributed by atoms with Crippen molar-refractivity contribution in [1.29, 1.82) is 0 Å². The molecule has 3 heteroatoms. The molecule has 0 aliphatic heterocycles. The summed E-state index contributed by atoms with van der Waals surface area (Å²) in [6.07, 6.45) is 1.95. The second-order valence-electron chi connectivity index (χ2n) is 3.25. The number of carbonyl (C=O) groups excluding carboxylic acids is 1. The summed E-state index contributed by atoms with van der Waals surface area (Å²) in [4.78, 5) is 11.0. The van der Waals surface area contributed by atoms with Crippen LogP contribution in [-0.2, 0) is 4.79 Å². The SMILES string of the molecule is CC(C)CC(O)CC(=O)/C=C/I. The summed E-state index contributed by atoms with van der Waals surface area (Å²) in [6, 6.07) is 0. The Morgan fingerprint density at radius 1 is 1.58 bits per heavy atom. The molecule has 1 unspecified atom stereocenters. The summed E-state index contributed by atoms with van der Waals surface area (Å²) in [5.41, 5.74) is 0. The van der Waals surface area contributed by atoms with Crippen molar-refractivity contribution in [2.24, 2.45) is 5.92 Å². The fourth-order valence-electron chi connectivity index (χ4n) is 0.998. The van der Waals surface area contributed by atoms with E-state index in [2.05, 4.69) is 0 Å². The van der Waals surface area contributed by atoms with Crippen LogP contribution >= 0.6 is 22.6 Å². The molecule has 70 valence electrons. The third-order valence-corrected chi connectivity index (χ3v) is 1.79. The molecule has 0 amide bonds. The first-order valence-corrected chi connectivity index (χ1v) is 5.28. The Morgan fingerprint density at radius 2 is 2.17 bits per heavy atom. The van der Waals surface area contributed by atoms with Crippen LogP contribution < -0.4 is 0 Å². The summed E-state index contributed by atoms with van der Waals surface area (Å²) in [6.45, 7) is 4.06. The molecule has 0 aromatic rings. The fourth-order valence-corrected chi connectivity index (χ4v) is 1.40. The smallest absolute Gasteiger partial charge is 0.158 e. The average Bonchev–Trinajstić information content (AvgIpc) is 1.84. The number of halogens is 1. The minimum absolute atomic E-state index is 0.00227. The number of hydrogen-bond acceptors (Lipinski definition) is 2. The third-order valence-electron chi connectivity index (χ3n) is 1.43. The zero-order valence-electron chi connectivity index (χ0n) is 7.46. The molecule has 0 saturated carbocycles. The highest BCUT2D eigenvalue weighted by atomic mass is 127. The van der Waals surface area contributed by atoms with Crippen LogP contribution in [0.2, 0.25) is 0 Å². The fraction of sp³-hybridized carbons (Fsp3) is 0.667. The van der Waals surface area contributed by atoms with Crippen LogP contribution in [0.5, 0.6) is 0 Å². The average molecular weight is 282 g/mol. The molecule has 0 aromatic carbocycles. The lowest BCUT2D eigenvalue weighted by Gasteiger charge is -2.10. The normalized spacial score (nSPS) is 14.1. The van der Waals surface area contributed by atoms with E-state index in [0.717, 1.165) is 0 Å². The monoisotopic (exact) mass is 282 g/mol. The number of hydrogen-bond donors (Lipinski definition) is 1. The Kier molecular flexibility index (Phi) is 6.65. The number of allylic oxidation sites excluding steroid dienone is 1. The van der Waals surface area contributed by atoms with Gasteiger partial charge in [-0.15, -0.1) is 0 Å². The van der Waals surface area contributed by atoms with E-state index >= 15 is 0 Å². The van der Waals surface area contributed by atoms with Crippen molar-refractivity contribution in [3.63, 3.8) is 0 Å². The lowest BCUT2D eigenvalue weighted by Crippen LogP contribution is -2.14. The van der Waals surface area contributed by atoms with Gasteiger partial charge in [-0.3, -0.25) is 4.79 Å². The van der Waals surface area contributed by atoms with E-state index < -0.39 is 6.10 Å². The highest BCUT2D eigenvalue weighted by Crippen LogP contribution is 2.08. The Balaban J connectivity index is 3.68. The topological polar surface area (TPSA) is 37.3 Å². The molecule has 0 aliphatic carbocycles. The maximum absolute atomic E-state index is 11.0. The molecule has 0 bridgehead atoms. The van der Waals surface area contributed by atoms with Crippen molar-refractivity contribution in [2.75, 3.05) is 0 Å². The van der Waals surface area contributed by atoms with Crippen LogP contribution in [-0.4, -0.2) is 17.0 Å². The van der Waals surface area contributed by atoms with E-state index in [-0.39, 0.29) is 12.2 Å². The number of rotatable bonds is 5. The molecular weight excluding hydrogens is 267 g/mol.